The van der Waals surface area contributed by atoms with Gasteiger partial charge in [0.05, 0.1) is 0 Å². The lowest BCUT2D eigenvalue weighted by atomic mass is 9.98. The van der Waals surface area contributed by atoms with Gasteiger partial charge in [0.1, 0.15) is 0 Å². The van der Waals surface area contributed by atoms with E-state index >= 15 is 0 Å². The monoisotopic (exact) mass is 273 g/mol. The van der Waals surface area contributed by atoms with Crippen LogP contribution in [0.5, 0.6) is 0 Å². The zero-order valence-electron chi connectivity index (χ0n) is 11.3. The minimum atomic E-state index is -0.795. The summed E-state index contributed by atoms with van der Waals surface area (Å²) in [7, 11) is 0. The highest BCUT2D eigenvalue weighted by molar-refractivity contribution is 5.33. The van der Waals surface area contributed by atoms with Crippen molar-refractivity contribution < 1.29 is 8.78 Å². The number of nitrogens with two attached hydrogens (primary N) is 1. The van der Waals surface area contributed by atoms with Gasteiger partial charge in [0, 0.05) is 11.6 Å². The van der Waals surface area contributed by atoms with Crippen LogP contribution in [0.4, 0.5) is 8.78 Å². The Balaban J connectivity index is 1.82. The largest absolute Gasteiger partial charge is 0.324 e. The van der Waals surface area contributed by atoms with Gasteiger partial charge in [0.15, 0.2) is 11.6 Å². The van der Waals surface area contributed by atoms with Gasteiger partial charge in [-0.3, -0.25) is 0 Å². The molecule has 0 aromatic heterocycles. The number of benzene rings is 2. The molecule has 0 saturated heterocycles. The minimum absolute atomic E-state index is 0.189. The summed E-state index contributed by atoms with van der Waals surface area (Å²) in [5, 5.41) is 0. The standard InChI is InChI=1S/C17H17F2N/c1-10-7-8-12(16(19)15(10)18)17(20)14-9-13(14)11-5-3-2-4-6-11/h2-8,13-14,17H,9,20H2,1H3. The second-order valence-corrected chi connectivity index (χ2v) is 5.54. The van der Waals surface area contributed by atoms with E-state index in [-0.39, 0.29) is 11.5 Å². The molecule has 2 N–H and O–H groups in total. The molecule has 1 fully saturated rings. The molecule has 3 atom stereocenters. The zero-order valence-corrected chi connectivity index (χ0v) is 11.3. The molecule has 20 heavy (non-hydrogen) atoms. The quantitative estimate of drug-likeness (QED) is 0.896. The molecule has 3 heteroatoms. The Bertz CT molecular complexity index is 624. The van der Waals surface area contributed by atoms with Gasteiger partial charge in [-0.1, -0.05) is 42.5 Å². The molecule has 0 heterocycles. The van der Waals surface area contributed by atoms with E-state index in [2.05, 4.69) is 12.1 Å². The predicted molar refractivity (Wildman–Crippen MR) is 75.3 cm³/mol. The molecule has 0 aliphatic heterocycles. The fourth-order valence-electron chi connectivity index (χ4n) is 2.84. The van der Waals surface area contributed by atoms with Crippen molar-refractivity contribution >= 4 is 0 Å². The zero-order chi connectivity index (χ0) is 14.3. The van der Waals surface area contributed by atoms with Crippen molar-refractivity contribution in [2.75, 3.05) is 0 Å². The maximum absolute atomic E-state index is 14.0. The first-order valence-electron chi connectivity index (χ1n) is 6.84. The Labute approximate surface area is 117 Å². The van der Waals surface area contributed by atoms with Gasteiger partial charge in [0.2, 0.25) is 0 Å². The molecule has 104 valence electrons. The fourth-order valence-corrected chi connectivity index (χ4v) is 2.84. The molecule has 1 nitrogen and oxygen atoms in total. The van der Waals surface area contributed by atoms with Gasteiger partial charge in [-0.05, 0) is 36.3 Å². The molecule has 2 aromatic carbocycles. The number of aryl methyl sites for hydroxylation is 1. The number of rotatable bonds is 3. The Morgan fingerprint density at radius 1 is 1.05 bits per heavy atom. The van der Waals surface area contributed by atoms with Gasteiger partial charge in [-0.2, -0.15) is 0 Å². The molecule has 2 aromatic rings. The van der Waals surface area contributed by atoms with Gasteiger partial charge in [-0.15, -0.1) is 0 Å². The first kappa shape index (κ1) is 13.3. The lowest BCUT2D eigenvalue weighted by Gasteiger charge is -2.14. The normalized spacial score (nSPS) is 22.6. The van der Waals surface area contributed by atoms with Crippen LogP contribution >= 0.6 is 0 Å². The van der Waals surface area contributed by atoms with Crippen molar-refractivity contribution in [1.82, 2.24) is 0 Å². The molecule has 0 spiro atoms. The Morgan fingerprint density at radius 3 is 2.45 bits per heavy atom. The summed E-state index contributed by atoms with van der Waals surface area (Å²) in [6.45, 7) is 1.55. The summed E-state index contributed by atoms with van der Waals surface area (Å²) in [6.07, 6.45) is 0.931. The molecule has 3 rings (SSSR count). The van der Waals surface area contributed by atoms with E-state index < -0.39 is 17.7 Å². The minimum Gasteiger partial charge on any atom is -0.324 e. The van der Waals surface area contributed by atoms with Gasteiger partial charge >= 0.3 is 0 Å². The molecular formula is C17H17F2N. The van der Waals surface area contributed by atoms with Crippen LogP contribution in [-0.4, -0.2) is 0 Å². The van der Waals surface area contributed by atoms with Crippen LogP contribution in [-0.2, 0) is 0 Å². The third-order valence-corrected chi connectivity index (χ3v) is 4.19. The number of hydrogen-bond donors (Lipinski definition) is 1. The predicted octanol–water partition coefficient (Wildman–Crippen LogP) is 4.08. The maximum Gasteiger partial charge on any atom is 0.163 e. The molecular weight excluding hydrogens is 256 g/mol. The van der Waals surface area contributed by atoms with Crippen molar-refractivity contribution in [3.8, 4) is 0 Å². The first-order valence-corrected chi connectivity index (χ1v) is 6.84. The van der Waals surface area contributed by atoms with Crippen LogP contribution in [0.3, 0.4) is 0 Å². The van der Waals surface area contributed by atoms with E-state index in [1.54, 1.807) is 19.1 Å². The van der Waals surface area contributed by atoms with Crippen LogP contribution in [0.15, 0.2) is 42.5 Å². The fraction of sp³-hybridized carbons (Fsp3) is 0.294. The van der Waals surface area contributed by atoms with E-state index in [9.17, 15) is 8.78 Å². The van der Waals surface area contributed by atoms with Crippen LogP contribution < -0.4 is 5.73 Å². The van der Waals surface area contributed by atoms with Crippen molar-refractivity contribution in [2.24, 2.45) is 11.7 Å². The topological polar surface area (TPSA) is 26.0 Å². The molecule has 0 amide bonds. The lowest BCUT2D eigenvalue weighted by molar-refractivity contribution is 0.473. The smallest absolute Gasteiger partial charge is 0.163 e. The average molecular weight is 273 g/mol. The summed E-state index contributed by atoms with van der Waals surface area (Å²) in [6, 6.07) is 12.8. The molecule has 1 saturated carbocycles. The highest BCUT2D eigenvalue weighted by Gasteiger charge is 2.43. The average Bonchev–Trinajstić information content (AvgIpc) is 3.26. The lowest BCUT2D eigenvalue weighted by Crippen LogP contribution is -2.16. The highest BCUT2D eigenvalue weighted by atomic mass is 19.2. The summed E-state index contributed by atoms with van der Waals surface area (Å²) >= 11 is 0. The second-order valence-electron chi connectivity index (χ2n) is 5.54. The van der Waals surface area contributed by atoms with Crippen LogP contribution in [0.25, 0.3) is 0 Å². The summed E-state index contributed by atoms with van der Waals surface area (Å²) in [5.41, 5.74) is 7.97. The number of hydrogen-bond acceptors (Lipinski definition) is 1. The summed E-state index contributed by atoms with van der Waals surface area (Å²) in [4.78, 5) is 0. The van der Waals surface area contributed by atoms with E-state index in [4.69, 9.17) is 5.73 Å². The summed E-state index contributed by atoms with van der Waals surface area (Å²) in [5.74, 6) is -1.03. The van der Waals surface area contributed by atoms with E-state index in [0.717, 1.165) is 6.42 Å². The van der Waals surface area contributed by atoms with Crippen LogP contribution in [0.1, 0.15) is 35.1 Å². The Kier molecular flexibility index (Phi) is 3.30. The highest BCUT2D eigenvalue weighted by Crippen LogP contribution is 2.53. The maximum atomic E-state index is 14.0. The van der Waals surface area contributed by atoms with E-state index in [1.165, 1.54) is 5.56 Å². The second kappa shape index (κ2) is 4.98. The van der Waals surface area contributed by atoms with Gasteiger partial charge < -0.3 is 5.73 Å². The van der Waals surface area contributed by atoms with Crippen molar-refractivity contribution in [3.05, 3.63) is 70.8 Å². The van der Waals surface area contributed by atoms with E-state index in [0.29, 0.717) is 11.5 Å². The Hall–Kier alpha value is -1.74. The molecule has 3 unspecified atom stereocenters. The molecule has 1 aliphatic rings. The first-order chi connectivity index (χ1) is 9.59. The van der Waals surface area contributed by atoms with Crippen LogP contribution in [0.2, 0.25) is 0 Å². The van der Waals surface area contributed by atoms with E-state index in [1.807, 2.05) is 18.2 Å². The third-order valence-electron chi connectivity index (χ3n) is 4.19. The number of halogens is 2. The van der Waals surface area contributed by atoms with Crippen LogP contribution in [0, 0.1) is 24.5 Å². The molecule has 0 radical (unpaired) electrons. The SMILES string of the molecule is Cc1ccc(C(N)C2CC2c2ccccc2)c(F)c1F. The Morgan fingerprint density at radius 2 is 1.75 bits per heavy atom. The molecule has 0 bridgehead atoms. The summed E-state index contributed by atoms with van der Waals surface area (Å²) < 4.78 is 27.6. The van der Waals surface area contributed by atoms with Crippen molar-refractivity contribution in [3.63, 3.8) is 0 Å². The van der Waals surface area contributed by atoms with Crippen molar-refractivity contribution in [2.45, 2.75) is 25.3 Å². The van der Waals surface area contributed by atoms with Crippen molar-refractivity contribution in [1.29, 1.82) is 0 Å². The third kappa shape index (κ3) is 2.22. The van der Waals surface area contributed by atoms with Gasteiger partial charge in [-0.25, -0.2) is 8.78 Å². The molecule has 1 aliphatic carbocycles. The van der Waals surface area contributed by atoms with Gasteiger partial charge in [0.25, 0.3) is 0 Å².